The minimum Gasteiger partial charge on any atom is -0.326 e. The van der Waals surface area contributed by atoms with Crippen molar-refractivity contribution in [2.75, 3.05) is 6.54 Å². The zero-order valence-corrected chi connectivity index (χ0v) is 11.8. The number of hydrogen-bond acceptors (Lipinski definition) is 2. The molecule has 0 spiro atoms. The third-order valence-corrected chi connectivity index (χ3v) is 4.71. The Labute approximate surface area is 105 Å². The smallest absolute Gasteiger partial charge is 0.241 e. The predicted octanol–water partition coefficient (Wildman–Crippen LogP) is 2.22. The second kappa shape index (κ2) is 4.27. The highest BCUT2D eigenvalue weighted by molar-refractivity contribution is 5.84. The molecule has 98 valence electrons. The van der Waals surface area contributed by atoms with Gasteiger partial charge < -0.3 is 4.90 Å². The number of nitrogens with zero attached hydrogens (tertiary/aromatic N) is 1. The molecule has 1 aliphatic carbocycles. The third-order valence-electron chi connectivity index (χ3n) is 4.71. The summed E-state index contributed by atoms with van der Waals surface area (Å²) in [5.41, 5.74) is 0.414. The van der Waals surface area contributed by atoms with Gasteiger partial charge in [-0.25, -0.2) is 0 Å². The highest BCUT2D eigenvalue weighted by Crippen LogP contribution is 2.52. The van der Waals surface area contributed by atoms with Crippen LogP contribution in [0.15, 0.2) is 0 Å². The standard InChI is InChI=1S/C14H26N2O/c1-9(2)12-13(17)16(11(5)15-12)8-14(6-7-14)10(3)4/h9-12,15H,6-8H2,1-5H3. The molecule has 0 aromatic heterocycles. The van der Waals surface area contributed by atoms with Crippen molar-refractivity contribution in [1.82, 2.24) is 10.2 Å². The summed E-state index contributed by atoms with van der Waals surface area (Å²) in [5, 5.41) is 3.42. The molecule has 0 radical (unpaired) electrons. The minimum absolute atomic E-state index is 0.0213. The fourth-order valence-corrected chi connectivity index (χ4v) is 2.90. The Morgan fingerprint density at radius 2 is 1.94 bits per heavy atom. The van der Waals surface area contributed by atoms with E-state index in [-0.39, 0.29) is 12.2 Å². The Kier molecular flexibility index (Phi) is 3.23. The van der Waals surface area contributed by atoms with Gasteiger partial charge >= 0.3 is 0 Å². The SMILES string of the molecule is CC(C)C1NC(C)N(CC2(C(C)C)CC2)C1=O. The van der Waals surface area contributed by atoms with Gasteiger partial charge in [-0.15, -0.1) is 0 Å². The number of nitrogens with one attached hydrogen (secondary N) is 1. The van der Waals surface area contributed by atoms with Crippen LogP contribution in [0.25, 0.3) is 0 Å². The third kappa shape index (κ3) is 2.22. The number of amides is 1. The molecule has 2 rings (SSSR count). The summed E-state index contributed by atoms with van der Waals surface area (Å²) in [5.74, 6) is 1.36. The van der Waals surface area contributed by atoms with Crippen LogP contribution in [0.2, 0.25) is 0 Å². The van der Waals surface area contributed by atoms with Crippen molar-refractivity contribution in [2.24, 2.45) is 17.3 Å². The van der Waals surface area contributed by atoms with Crippen LogP contribution in [0.3, 0.4) is 0 Å². The molecule has 0 aromatic rings. The molecule has 2 unspecified atom stereocenters. The zero-order valence-electron chi connectivity index (χ0n) is 11.8. The second-order valence-electron chi connectivity index (χ2n) is 6.55. The second-order valence-corrected chi connectivity index (χ2v) is 6.55. The summed E-state index contributed by atoms with van der Waals surface area (Å²) in [4.78, 5) is 14.4. The molecule has 1 amide bonds. The maximum absolute atomic E-state index is 12.3. The summed E-state index contributed by atoms with van der Waals surface area (Å²) in [7, 11) is 0. The van der Waals surface area contributed by atoms with Gasteiger partial charge in [-0.3, -0.25) is 10.1 Å². The highest BCUT2D eigenvalue weighted by Gasteiger charge is 2.50. The molecular formula is C14H26N2O. The molecule has 2 fully saturated rings. The van der Waals surface area contributed by atoms with Gasteiger partial charge in [-0.1, -0.05) is 27.7 Å². The van der Waals surface area contributed by atoms with E-state index in [0.29, 0.717) is 23.2 Å². The maximum atomic E-state index is 12.3. The van der Waals surface area contributed by atoms with E-state index in [2.05, 4.69) is 44.8 Å². The van der Waals surface area contributed by atoms with Gasteiger partial charge in [0.05, 0.1) is 12.2 Å². The van der Waals surface area contributed by atoms with Crippen molar-refractivity contribution < 1.29 is 4.79 Å². The maximum Gasteiger partial charge on any atom is 0.241 e. The van der Waals surface area contributed by atoms with Gasteiger partial charge in [0.25, 0.3) is 0 Å². The largest absolute Gasteiger partial charge is 0.326 e. The van der Waals surface area contributed by atoms with Crippen molar-refractivity contribution in [3.8, 4) is 0 Å². The van der Waals surface area contributed by atoms with E-state index in [1.54, 1.807) is 0 Å². The van der Waals surface area contributed by atoms with E-state index in [9.17, 15) is 4.79 Å². The van der Waals surface area contributed by atoms with E-state index >= 15 is 0 Å². The first kappa shape index (κ1) is 12.9. The van der Waals surface area contributed by atoms with Crippen LogP contribution in [0.4, 0.5) is 0 Å². The molecule has 2 atom stereocenters. The molecule has 0 bridgehead atoms. The first-order valence-corrected chi connectivity index (χ1v) is 6.94. The summed E-state index contributed by atoms with van der Waals surface area (Å²) in [6, 6.07) is 0.0213. The molecule has 2 aliphatic rings. The first-order valence-electron chi connectivity index (χ1n) is 6.94. The average molecular weight is 238 g/mol. The molecule has 1 aliphatic heterocycles. The van der Waals surface area contributed by atoms with Crippen LogP contribution < -0.4 is 5.32 Å². The van der Waals surface area contributed by atoms with Crippen LogP contribution >= 0.6 is 0 Å². The van der Waals surface area contributed by atoms with Gasteiger partial charge in [0.15, 0.2) is 0 Å². The summed E-state index contributed by atoms with van der Waals surface area (Å²) in [6.45, 7) is 11.8. The van der Waals surface area contributed by atoms with Crippen molar-refractivity contribution in [3.63, 3.8) is 0 Å². The fraction of sp³-hybridized carbons (Fsp3) is 0.929. The number of carbonyl (C=O) groups is 1. The Morgan fingerprint density at radius 3 is 2.29 bits per heavy atom. The van der Waals surface area contributed by atoms with E-state index < -0.39 is 0 Å². The van der Waals surface area contributed by atoms with E-state index in [0.717, 1.165) is 6.54 Å². The molecule has 1 heterocycles. The lowest BCUT2D eigenvalue weighted by Gasteiger charge is -2.29. The lowest BCUT2D eigenvalue weighted by Crippen LogP contribution is -2.40. The van der Waals surface area contributed by atoms with Gasteiger partial charge in [0.2, 0.25) is 5.91 Å². The molecule has 1 saturated heterocycles. The molecule has 0 aromatic carbocycles. The average Bonchev–Trinajstić information content (AvgIpc) is 2.96. The normalized spacial score (nSPS) is 31.7. The minimum atomic E-state index is 0.0213. The van der Waals surface area contributed by atoms with Crippen molar-refractivity contribution >= 4 is 5.91 Å². The molecular weight excluding hydrogens is 212 g/mol. The van der Waals surface area contributed by atoms with Crippen LogP contribution in [0.1, 0.15) is 47.5 Å². The lowest BCUT2D eigenvalue weighted by atomic mass is 9.91. The topological polar surface area (TPSA) is 32.3 Å². The Balaban J connectivity index is 2.05. The zero-order chi connectivity index (χ0) is 12.8. The Bertz CT molecular complexity index is 307. The summed E-state index contributed by atoms with van der Waals surface area (Å²) < 4.78 is 0. The van der Waals surface area contributed by atoms with E-state index in [4.69, 9.17) is 0 Å². The number of rotatable bonds is 4. The van der Waals surface area contributed by atoms with Crippen molar-refractivity contribution in [1.29, 1.82) is 0 Å². The van der Waals surface area contributed by atoms with Crippen LogP contribution in [-0.4, -0.2) is 29.6 Å². The Morgan fingerprint density at radius 1 is 1.35 bits per heavy atom. The highest BCUT2D eigenvalue weighted by atomic mass is 16.2. The quantitative estimate of drug-likeness (QED) is 0.814. The predicted molar refractivity (Wildman–Crippen MR) is 69.4 cm³/mol. The van der Waals surface area contributed by atoms with Crippen molar-refractivity contribution in [3.05, 3.63) is 0 Å². The van der Waals surface area contributed by atoms with Gasteiger partial charge in [0, 0.05) is 6.54 Å². The fourth-order valence-electron chi connectivity index (χ4n) is 2.90. The molecule has 1 N–H and O–H groups in total. The monoisotopic (exact) mass is 238 g/mol. The van der Waals surface area contributed by atoms with E-state index in [1.807, 2.05) is 0 Å². The number of carbonyl (C=O) groups excluding carboxylic acids is 1. The molecule has 1 saturated carbocycles. The Hall–Kier alpha value is -0.570. The van der Waals surface area contributed by atoms with Crippen molar-refractivity contribution in [2.45, 2.75) is 59.7 Å². The first-order chi connectivity index (χ1) is 7.87. The van der Waals surface area contributed by atoms with Crippen LogP contribution in [-0.2, 0) is 4.79 Å². The molecule has 3 nitrogen and oxygen atoms in total. The van der Waals surface area contributed by atoms with Gasteiger partial charge in [0.1, 0.15) is 0 Å². The van der Waals surface area contributed by atoms with Crippen LogP contribution in [0, 0.1) is 17.3 Å². The van der Waals surface area contributed by atoms with Crippen LogP contribution in [0.5, 0.6) is 0 Å². The summed E-state index contributed by atoms with van der Waals surface area (Å²) in [6.07, 6.45) is 2.77. The molecule has 17 heavy (non-hydrogen) atoms. The lowest BCUT2D eigenvalue weighted by molar-refractivity contribution is -0.131. The summed E-state index contributed by atoms with van der Waals surface area (Å²) >= 11 is 0. The van der Waals surface area contributed by atoms with Gasteiger partial charge in [-0.05, 0) is 37.0 Å². The van der Waals surface area contributed by atoms with E-state index in [1.165, 1.54) is 12.8 Å². The van der Waals surface area contributed by atoms with Gasteiger partial charge in [-0.2, -0.15) is 0 Å². The number of hydrogen-bond donors (Lipinski definition) is 1. The molecule has 3 heteroatoms.